The molecule has 0 bridgehead atoms. The highest BCUT2D eigenvalue weighted by molar-refractivity contribution is 5.76. The second-order valence-corrected chi connectivity index (χ2v) is 24.0. The lowest BCUT2D eigenvalue weighted by Gasteiger charge is -2.46. The first-order valence-corrected chi connectivity index (χ1v) is 33.4. The SMILES string of the molecule is CCCCCCC/C=C\CCCCCCCC(=O)NC(COC1OC(CO)C(OC2OC(CO)C(O)C(O)C2O)C(O)C1O)C(O)CCCCCCCCCCCCCCCCCCCCCCCCCCCCCCCCC. The number of nitrogens with one attached hydrogen (secondary N) is 1. The van der Waals surface area contributed by atoms with Crippen molar-refractivity contribution in [3.63, 3.8) is 0 Å². The molecule has 0 spiro atoms. The van der Waals surface area contributed by atoms with Crippen LogP contribution in [0.1, 0.15) is 303 Å². The Labute approximate surface area is 482 Å². The van der Waals surface area contributed by atoms with Crippen molar-refractivity contribution in [1.82, 2.24) is 5.32 Å². The molecule has 0 aliphatic carbocycles. The van der Waals surface area contributed by atoms with E-state index in [0.29, 0.717) is 19.3 Å². The first-order chi connectivity index (χ1) is 38.6. The second kappa shape index (κ2) is 51.2. The van der Waals surface area contributed by atoms with Crippen LogP contribution < -0.4 is 5.32 Å². The number of rotatable bonds is 55. The zero-order valence-electron chi connectivity index (χ0n) is 50.6. The van der Waals surface area contributed by atoms with Crippen LogP contribution >= 0.6 is 0 Å². The Balaban J connectivity index is 1.64. The Hall–Kier alpha value is -1.27. The standard InChI is InChI=1S/C65H125NO13/c1-3-5-7-9-11-13-15-17-19-20-21-22-23-24-25-26-27-28-29-30-31-32-33-34-35-36-38-40-42-44-46-48-54(69)53(66-57(70)49-47-45-43-41-39-37-18-16-14-12-10-8-6-4-2)52-76-64-62(75)60(73)63(56(51-68)78-64)79-65-61(74)59(72)58(71)55(50-67)77-65/h16,18,53-56,58-65,67-69,71-75H,3-15,17,19-52H2,1-2H3,(H,66,70)/b18-16-. The van der Waals surface area contributed by atoms with Gasteiger partial charge in [0.1, 0.15) is 48.8 Å². The number of amides is 1. The van der Waals surface area contributed by atoms with Crippen molar-refractivity contribution in [3.05, 3.63) is 12.2 Å². The van der Waals surface area contributed by atoms with Crippen molar-refractivity contribution < 1.29 is 64.6 Å². The summed E-state index contributed by atoms with van der Waals surface area (Å²) >= 11 is 0. The molecule has 2 rings (SSSR count). The van der Waals surface area contributed by atoms with E-state index < -0.39 is 86.8 Å². The molecule has 0 radical (unpaired) electrons. The fraction of sp³-hybridized carbons (Fsp3) is 0.954. The van der Waals surface area contributed by atoms with Crippen LogP contribution in [-0.4, -0.2) is 140 Å². The van der Waals surface area contributed by atoms with Gasteiger partial charge in [-0.3, -0.25) is 4.79 Å². The van der Waals surface area contributed by atoms with Gasteiger partial charge in [0.05, 0.1) is 32.0 Å². The van der Waals surface area contributed by atoms with Crippen LogP contribution in [0.4, 0.5) is 0 Å². The summed E-state index contributed by atoms with van der Waals surface area (Å²) in [6, 6.07) is -0.830. The molecule has 0 aromatic heterocycles. The van der Waals surface area contributed by atoms with E-state index in [2.05, 4.69) is 31.3 Å². The molecule has 2 aliphatic rings. The Kier molecular flexibility index (Phi) is 47.8. The van der Waals surface area contributed by atoms with Gasteiger partial charge < -0.3 is 65.1 Å². The van der Waals surface area contributed by atoms with Gasteiger partial charge >= 0.3 is 0 Å². The van der Waals surface area contributed by atoms with E-state index in [1.54, 1.807) is 0 Å². The summed E-state index contributed by atoms with van der Waals surface area (Å²) < 4.78 is 22.9. The number of hydrogen-bond donors (Lipinski definition) is 9. The summed E-state index contributed by atoms with van der Waals surface area (Å²) in [6.45, 7) is 2.88. The van der Waals surface area contributed by atoms with Gasteiger partial charge in [0.2, 0.25) is 5.91 Å². The van der Waals surface area contributed by atoms with E-state index in [-0.39, 0.29) is 12.5 Å². The molecule has 2 fully saturated rings. The molecule has 14 nitrogen and oxygen atoms in total. The normalized spacial score (nSPS) is 24.4. The molecule has 12 unspecified atom stereocenters. The summed E-state index contributed by atoms with van der Waals surface area (Å²) in [7, 11) is 0. The van der Waals surface area contributed by atoms with Crippen LogP contribution in [0, 0.1) is 0 Å². The van der Waals surface area contributed by atoms with Crippen LogP contribution in [0.25, 0.3) is 0 Å². The predicted octanol–water partition coefficient (Wildman–Crippen LogP) is 12.6. The summed E-state index contributed by atoms with van der Waals surface area (Å²) in [4.78, 5) is 13.3. The first-order valence-electron chi connectivity index (χ1n) is 33.4. The molecule has 0 saturated carbocycles. The van der Waals surface area contributed by atoms with Gasteiger partial charge in [-0.15, -0.1) is 0 Å². The molecular formula is C65H125NO13. The van der Waals surface area contributed by atoms with E-state index in [1.165, 1.54) is 205 Å². The van der Waals surface area contributed by atoms with E-state index in [0.717, 1.165) is 64.2 Å². The van der Waals surface area contributed by atoms with E-state index >= 15 is 0 Å². The number of unbranched alkanes of at least 4 members (excludes halogenated alkanes) is 40. The number of aliphatic hydroxyl groups excluding tert-OH is 8. The van der Waals surface area contributed by atoms with Crippen LogP contribution in [0.3, 0.4) is 0 Å². The lowest BCUT2D eigenvalue weighted by molar-refractivity contribution is -0.359. The minimum absolute atomic E-state index is 0.211. The maximum Gasteiger partial charge on any atom is 0.220 e. The highest BCUT2D eigenvalue weighted by atomic mass is 16.7. The third kappa shape index (κ3) is 36.2. The zero-order chi connectivity index (χ0) is 57.4. The smallest absolute Gasteiger partial charge is 0.220 e. The molecule has 14 heteroatoms. The average Bonchev–Trinajstić information content (AvgIpc) is 3.48. The molecule has 9 N–H and O–H groups in total. The van der Waals surface area contributed by atoms with Crippen LogP contribution in [0.15, 0.2) is 12.2 Å². The van der Waals surface area contributed by atoms with Gasteiger partial charge in [-0.05, 0) is 38.5 Å². The highest BCUT2D eigenvalue weighted by Crippen LogP contribution is 2.30. The van der Waals surface area contributed by atoms with Gasteiger partial charge in [0.25, 0.3) is 0 Å². The van der Waals surface area contributed by atoms with Gasteiger partial charge in [0.15, 0.2) is 12.6 Å². The Morgan fingerprint density at radius 1 is 0.443 bits per heavy atom. The quantitative estimate of drug-likeness (QED) is 0.0204. The summed E-state index contributed by atoms with van der Waals surface area (Å²) in [5.74, 6) is -0.211. The van der Waals surface area contributed by atoms with Crippen molar-refractivity contribution in [2.45, 2.75) is 376 Å². The van der Waals surface area contributed by atoms with Gasteiger partial charge in [-0.25, -0.2) is 0 Å². The van der Waals surface area contributed by atoms with Crippen molar-refractivity contribution >= 4 is 5.91 Å². The largest absolute Gasteiger partial charge is 0.394 e. The average molecular weight is 1130 g/mol. The number of hydrogen-bond acceptors (Lipinski definition) is 13. The van der Waals surface area contributed by atoms with Crippen molar-refractivity contribution in [2.75, 3.05) is 19.8 Å². The van der Waals surface area contributed by atoms with Gasteiger partial charge in [-0.1, -0.05) is 270 Å². The summed E-state index contributed by atoms with van der Waals surface area (Å²) in [5.41, 5.74) is 0. The fourth-order valence-electron chi connectivity index (χ4n) is 11.4. The van der Waals surface area contributed by atoms with Gasteiger partial charge in [-0.2, -0.15) is 0 Å². The number of allylic oxidation sites excluding steroid dienone is 2. The molecule has 79 heavy (non-hydrogen) atoms. The monoisotopic (exact) mass is 1130 g/mol. The lowest BCUT2D eigenvalue weighted by Crippen LogP contribution is -2.65. The number of carbonyl (C=O) groups excluding carboxylic acids is 1. The highest BCUT2D eigenvalue weighted by Gasteiger charge is 2.51. The first kappa shape index (κ1) is 73.8. The maximum absolute atomic E-state index is 13.3. The number of carbonyl (C=O) groups is 1. The van der Waals surface area contributed by atoms with Crippen molar-refractivity contribution in [1.29, 1.82) is 0 Å². The molecule has 2 heterocycles. The van der Waals surface area contributed by atoms with Crippen LogP contribution in [0.2, 0.25) is 0 Å². The Bertz CT molecular complexity index is 1380. The van der Waals surface area contributed by atoms with Crippen molar-refractivity contribution in [3.8, 4) is 0 Å². The molecule has 468 valence electrons. The molecule has 0 aromatic carbocycles. The molecular weight excluding hydrogens is 1000 g/mol. The topological polar surface area (TPSA) is 228 Å². The second-order valence-electron chi connectivity index (χ2n) is 24.0. The Morgan fingerprint density at radius 2 is 0.797 bits per heavy atom. The molecule has 12 atom stereocenters. The van der Waals surface area contributed by atoms with E-state index in [9.17, 15) is 45.6 Å². The van der Waals surface area contributed by atoms with E-state index in [1.807, 2.05) is 0 Å². The predicted molar refractivity (Wildman–Crippen MR) is 319 cm³/mol. The van der Waals surface area contributed by atoms with Crippen LogP contribution in [-0.2, 0) is 23.7 Å². The number of ether oxygens (including phenoxy) is 4. The third-order valence-corrected chi connectivity index (χ3v) is 16.7. The molecule has 2 aliphatic heterocycles. The molecule has 1 amide bonds. The lowest BCUT2D eigenvalue weighted by atomic mass is 9.97. The minimum atomic E-state index is -1.78. The fourth-order valence-corrected chi connectivity index (χ4v) is 11.4. The molecule has 2 saturated heterocycles. The van der Waals surface area contributed by atoms with Crippen molar-refractivity contribution in [2.24, 2.45) is 0 Å². The zero-order valence-corrected chi connectivity index (χ0v) is 50.6. The third-order valence-electron chi connectivity index (χ3n) is 16.7. The summed E-state index contributed by atoms with van der Waals surface area (Å²) in [6.07, 6.45) is 43.8. The van der Waals surface area contributed by atoms with E-state index in [4.69, 9.17) is 18.9 Å². The minimum Gasteiger partial charge on any atom is -0.394 e. The molecule has 0 aromatic rings. The Morgan fingerprint density at radius 3 is 1.20 bits per heavy atom. The van der Waals surface area contributed by atoms with Crippen LogP contribution in [0.5, 0.6) is 0 Å². The number of aliphatic hydroxyl groups is 8. The van der Waals surface area contributed by atoms with Gasteiger partial charge in [0, 0.05) is 6.42 Å². The maximum atomic E-state index is 13.3. The summed E-state index contributed by atoms with van der Waals surface area (Å²) in [5, 5.41) is 87.4.